The summed E-state index contributed by atoms with van der Waals surface area (Å²) in [5.41, 5.74) is 2.25. The number of aryl methyl sites for hydroxylation is 1. The Morgan fingerprint density at radius 1 is 1.21 bits per heavy atom. The van der Waals surface area contributed by atoms with Gasteiger partial charge in [-0.2, -0.15) is 4.98 Å². The minimum Gasteiger partial charge on any atom is -0.531 e. The third kappa shape index (κ3) is 5.53. The highest BCUT2D eigenvalue weighted by Crippen LogP contribution is 2.26. The lowest BCUT2D eigenvalue weighted by atomic mass is 10.0. The van der Waals surface area contributed by atoms with Gasteiger partial charge in [-0.3, -0.25) is 0 Å². The lowest BCUT2D eigenvalue weighted by molar-refractivity contribution is 0.501. The molecule has 0 amide bonds. The van der Waals surface area contributed by atoms with E-state index in [2.05, 4.69) is 50.4 Å². The number of rotatable bonds is 6. The van der Waals surface area contributed by atoms with E-state index in [4.69, 9.17) is 4.43 Å². The molecule has 1 aromatic heterocycles. The van der Waals surface area contributed by atoms with E-state index in [9.17, 15) is 0 Å². The van der Waals surface area contributed by atoms with Gasteiger partial charge in [-0.15, -0.1) is 0 Å². The molecule has 0 radical (unpaired) electrons. The second-order valence-corrected chi connectivity index (χ2v) is 11.4. The van der Waals surface area contributed by atoms with Crippen molar-refractivity contribution in [3.63, 3.8) is 0 Å². The topological polar surface area (TPSA) is 35.0 Å². The molecule has 0 aliphatic carbocycles. The van der Waals surface area contributed by atoms with Crippen molar-refractivity contribution in [2.75, 3.05) is 6.26 Å². The fraction of sp³-hybridized carbons (Fsp3) is 0.714. The highest BCUT2D eigenvalue weighted by molar-refractivity contribution is 7.98. The molecule has 0 aliphatic heterocycles. The highest BCUT2D eigenvalue weighted by atomic mass is 32.2. The zero-order valence-corrected chi connectivity index (χ0v) is 15.0. The summed E-state index contributed by atoms with van der Waals surface area (Å²) in [4.78, 5) is 9.13. The molecule has 1 rings (SSSR count). The van der Waals surface area contributed by atoms with Crippen LogP contribution in [0.5, 0.6) is 5.88 Å². The molecule has 0 spiro atoms. The minimum atomic E-state index is -1.64. The molecule has 0 atom stereocenters. The van der Waals surface area contributed by atoms with E-state index >= 15 is 0 Å². The Balaban J connectivity index is 3.10. The monoisotopic (exact) mass is 298 g/mol. The second-order valence-electron chi connectivity index (χ2n) is 6.23. The van der Waals surface area contributed by atoms with Crippen molar-refractivity contribution < 1.29 is 4.43 Å². The summed E-state index contributed by atoms with van der Waals surface area (Å²) >= 11 is 1.57. The molecule has 3 nitrogen and oxygen atoms in total. The van der Waals surface area contributed by atoms with Crippen LogP contribution in [0.25, 0.3) is 0 Å². The average molecular weight is 299 g/mol. The maximum absolute atomic E-state index is 6.16. The van der Waals surface area contributed by atoms with Crippen LogP contribution in [0.4, 0.5) is 0 Å². The fourth-order valence-electron chi connectivity index (χ4n) is 1.73. The third-order valence-electron chi connectivity index (χ3n) is 2.71. The maximum atomic E-state index is 6.16. The molecule has 0 N–H and O–H groups in total. The normalized spacial score (nSPS) is 12.0. The zero-order valence-electron chi connectivity index (χ0n) is 13.2. The van der Waals surface area contributed by atoms with Crippen molar-refractivity contribution in [2.24, 2.45) is 5.92 Å². The van der Waals surface area contributed by atoms with Crippen molar-refractivity contribution >= 4 is 20.1 Å². The van der Waals surface area contributed by atoms with Crippen LogP contribution in [-0.4, -0.2) is 24.5 Å². The van der Waals surface area contributed by atoms with Crippen LogP contribution in [-0.2, 0) is 6.42 Å². The predicted octanol–water partition coefficient (Wildman–Crippen LogP) is 4.31. The molecule has 1 aromatic rings. The number of hydrogen-bond donors (Lipinski definition) is 0. The van der Waals surface area contributed by atoms with Gasteiger partial charge in [-0.1, -0.05) is 25.6 Å². The van der Waals surface area contributed by atoms with Crippen molar-refractivity contribution in [1.82, 2.24) is 9.97 Å². The first-order chi connectivity index (χ1) is 8.73. The van der Waals surface area contributed by atoms with Crippen LogP contribution >= 0.6 is 11.8 Å². The lowest BCUT2D eigenvalue weighted by Gasteiger charge is -2.22. The molecular weight excluding hydrogens is 272 g/mol. The number of aromatic nitrogens is 2. The van der Waals surface area contributed by atoms with E-state index in [1.54, 1.807) is 11.8 Å². The second kappa shape index (κ2) is 6.75. The lowest BCUT2D eigenvalue weighted by Crippen LogP contribution is -2.30. The largest absolute Gasteiger partial charge is 0.531 e. The Morgan fingerprint density at radius 2 is 1.84 bits per heavy atom. The maximum Gasteiger partial charge on any atom is 0.244 e. The summed E-state index contributed by atoms with van der Waals surface area (Å²) < 4.78 is 6.16. The van der Waals surface area contributed by atoms with Crippen LogP contribution in [0, 0.1) is 12.8 Å². The minimum absolute atomic E-state index is 0.680. The van der Waals surface area contributed by atoms with E-state index in [0.29, 0.717) is 5.92 Å². The van der Waals surface area contributed by atoms with Crippen LogP contribution < -0.4 is 4.43 Å². The van der Waals surface area contributed by atoms with Crippen LogP contribution in [0.2, 0.25) is 19.6 Å². The molecule has 108 valence electrons. The quantitative estimate of drug-likeness (QED) is 0.445. The van der Waals surface area contributed by atoms with E-state index < -0.39 is 8.32 Å². The van der Waals surface area contributed by atoms with Crippen molar-refractivity contribution in [3.05, 3.63) is 11.3 Å². The van der Waals surface area contributed by atoms with Gasteiger partial charge in [0.05, 0.1) is 0 Å². The van der Waals surface area contributed by atoms with E-state index in [-0.39, 0.29) is 0 Å². The van der Waals surface area contributed by atoms with Gasteiger partial charge in [-0.05, 0) is 51.6 Å². The average Bonchev–Trinajstić information content (AvgIpc) is 2.24. The van der Waals surface area contributed by atoms with Crippen molar-refractivity contribution in [1.29, 1.82) is 0 Å². The van der Waals surface area contributed by atoms with Gasteiger partial charge in [-0.25, -0.2) is 4.98 Å². The molecule has 0 saturated carbocycles. The molecule has 19 heavy (non-hydrogen) atoms. The van der Waals surface area contributed by atoms with Gasteiger partial charge in [0.15, 0.2) is 5.16 Å². The standard InChI is InChI=1S/C14H26N2OSSi/c1-10(2)8-9-12-11(3)15-14(18-4)16-13(12)17-19(5,6)7/h10H,8-9H2,1-7H3. The molecule has 5 heteroatoms. The summed E-state index contributed by atoms with van der Waals surface area (Å²) in [6.45, 7) is 13.1. The fourth-order valence-corrected chi connectivity index (χ4v) is 2.88. The first kappa shape index (κ1) is 16.5. The Kier molecular flexibility index (Phi) is 5.86. The van der Waals surface area contributed by atoms with E-state index in [1.807, 2.05) is 6.26 Å². The molecular formula is C14H26N2OSSi. The summed E-state index contributed by atoms with van der Waals surface area (Å²) in [5, 5.41) is 0.805. The van der Waals surface area contributed by atoms with Crippen LogP contribution in [0.3, 0.4) is 0 Å². The SMILES string of the molecule is CSc1nc(C)c(CCC(C)C)c(O[Si](C)(C)C)n1. The van der Waals surface area contributed by atoms with Gasteiger partial charge in [0.1, 0.15) is 0 Å². The van der Waals surface area contributed by atoms with Gasteiger partial charge in [0.25, 0.3) is 0 Å². The van der Waals surface area contributed by atoms with Crippen LogP contribution in [0.15, 0.2) is 5.16 Å². The van der Waals surface area contributed by atoms with Crippen molar-refractivity contribution in [3.8, 4) is 5.88 Å². The van der Waals surface area contributed by atoms with Gasteiger partial charge >= 0.3 is 0 Å². The van der Waals surface area contributed by atoms with E-state index in [0.717, 1.165) is 29.6 Å². The molecule has 0 aliphatic rings. The molecule has 0 aromatic carbocycles. The number of nitrogens with zero attached hydrogens (tertiary/aromatic N) is 2. The number of hydrogen-bond acceptors (Lipinski definition) is 4. The molecule has 0 saturated heterocycles. The number of thioether (sulfide) groups is 1. The Morgan fingerprint density at radius 3 is 2.32 bits per heavy atom. The smallest absolute Gasteiger partial charge is 0.244 e. The van der Waals surface area contributed by atoms with Crippen LogP contribution in [0.1, 0.15) is 31.5 Å². The predicted molar refractivity (Wildman–Crippen MR) is 85.7 cm³/mol. The molecule has 0 unspecified atom stereocenters. The summed E-state index contributed by atoms with van der Waals surface area (Å²) in [7, 11) is -1.64. The zero-order chi connectivity index (χ0) is 14.6. The highest BCUT2D eigenvalue weighted by Gasteiger charge is 2.21. The summed E-state index contributed by atoms with van der Waals surface area (Å²) in [6, 6.07) is 0. The summed E-state index contributed by atoms with van der Waals surface area (Å²) in [5.74, 6) is 1.50. The summed E-state index contributed by atoms with van der Waals surface area (Å²) in [6.07, 6.45) is 4.14. The first-order valence-electron chi connectivity index (χ1n) is 6.83. The molecule has 0 bridgehead atoms. The van der Waals surface area contributed by atoms with Crippen molar-refractivity contribution in [2.45, 2.75) is 58.4 Å². The Hall–Kier alpha value is -0.553. The van der Waals surface area contributed by atoms with Gasteiger partial charge < -0.3 is 4.43 Å². The Labute approximate surface area is 122 Å². The third-order valence-corrected chi connectivity index (χ3v) is 4.07. The first-order valence-corrected chi connectivity index (χ1v) is 11.5. The Bertz CT molecular complexity index is 430. The van der Waals surface area contributed by atoms with E-state index in [1.165, 1.54) is 5.56 Å². The van der Waals surface area contributed by atoms with Gasteiger partial charge in [0, 0.05) is 11.3 Å². The van der Waals surface area contributed by atoms with Gasteiger partial charge in [0.2, 0.25) is 14.2 Å². The molecule has 0 fully saturated rings. The molecule has 1 heterocycles.